The third-order valence-electron chi connectivity index (χ3n) is 21.6. The van der Waals surface area contributed by atoms with Gasteiger partial charge in [-0.05, 0) is 132 Å². The molecule has 11 heterocycles. The summed E-state index contributed by atoms with van der Waals surface area (Å²) in [4.78, 5) is 49.9. The molecular formula is C69H85N11O12S. The number of amides is 1. The number of aromatic nitrogens is 3. The highest BCUT2D eigenvalue weighted by Gasteiger charge is 2.53. The normalized spacial score (nSPS) is 25.2. The highest BCUT2D eigenvalue weighted by Crippen LogP contribution is 2.57. The predicted molar refractivity (Wildman–Crippen MR) is 351 cm³/mol. The van der Waals surface area contributed by atoms with Gasteiger partial charge in [0, 0.05) is 112 Å². The number of anilines is 5. The number of ether oxygens (including phenoxy) is 7. The minimum absolute atomic E-state index is 0.00121. The number of carbonyl (C=O) groups is 1. The van der Waals surface area contributed by atoms with Crippen molar-refractivity contribution < 1.29 is 51.3 Å². The van der Waals surface area contributed by atoms with Crippen LogP contribution in [-0.4, -0.2) is 160 Å². The Bertz CT molecular complexity index is 4010. The molecule has 0 radical (unpaired) electrons. The summed E-state index contributed by atoms with van der Waals surface area (Å²) in [6.45, 7) is 20.4. The molecular weight excluding hydrogens is 1210 g/mol. The number of sulfonamides is 1. The lowest BCUT2D eigenvalue weighted by molar-refractivity contribution is -0.384. The Hall–Kier alpha value is -7.48. The predicted octanol–water partition coefficient (Wildman–Crippen LogP) is 10.3. The lowest BCUT2D eigenvalue weighted by Crippen LogP contribution is -2.60. The topological polar surface area (TPSA) is 250 Å². The van der Waals surface area contributed by atoms with Crippen LogP contribution < -0.4 is 44.1 Å². The summed E-state index contributed by atoms with van der Waals surface area (Å²) >= 11 is 0. The Kier molecular flexibility index (Phi) is 15.8. The summed E-state index contributed by atoms with van der Waals surface area (Å²) in [5, 5.41) is 20.2. The molecule has 0 bridgehead atoms. The molecule has 9 aliphatic rings. The number of carbonyl (C=O) groups excluding carboxylic acids is 1. The standard InChI is InChI=1S/C69H85N11O12S/c1-40(2)91-55-11-9-8-10-46(55)53-36-77(54-38-90-68(5,6)62-58(54)59-61(64(70-7)73-62)88-29-20-67(59,3)4)24-25-78(53)44-34-69(35-44)18-22-76(23-19-69)43-12-13-47(50(31-43)79-49-17-28-87-39-57(49)92-66-52(79)30-42-14-21-71-63(42)74-66)65(81)75-93(84,85)45-32-51(80(82)83)60-56(33-45)89-37-48(72-60)41-15-26-86-27-16-41/h8-14,21,30-33,40-41,44,48-49,53-54,57,72H,15-20,22-29,34-39H2,1-7H3,(H,70,73)(H,71,74)(H,75,81)/t48-,49-,53-,54+,57-/m0/s1. The van der Waals surface area contributed by atoms with Crippen molar-refractivity contribution in [3.05, 3.63) is 111 Å². The van der Waals surface area contributed by atoms with Gasteiger partial charge in [0.1, 0.15) is 35.4 Å². The average Bonchev–Trinajstić information content (AvgIpc) is 0.939. The molecule has 494 valence electrons. The number of fused-ring (bicyclic) bond motifs is 7. The van der Waals surface area contributed by atoms with Gasteiger partial charge in [-0.15, -0.1) is 0 Å². The lowest BCUT2D eigenvalue weighted by Gasteiger charge is -2.59. The first-order valence-electron chi connectivity index (χ1n) is 33.3. The molecule has 93 heavy (non-hydrogen) atoms. The van der Waals surface area contributed by atoms with Gasteiger partial charge in [0.25, 0.3) is 21.6 Å². The second-order valence-corrected chi connectivity index (χ2v) is 30.1. The van der Waals surface area contributed by atoms with Crippen LogP contribution in [0.5, 0.6) is 23.1 Å². The van der Waals surface area contributed by atoms with Crippen molar-refractivity contribution in [2.24, 2.45) is 11.3 Å². The van der Waals surface area contributed by atoms with Crippen LogP contribution in [-0.2, 0) is 35.2 Å². The molecule has 1 aliphatic carbocycles. The van der Waals surface area contributed by atoms with Crippen LogP contribution in [0.3, 0.4) is 0 Å². The van der Waals surface area contributed by atoms with E-state index in [9.17, 15) is 18.5 Å². The van der Waals surface area contributed by atoms with Crippen LogP contribution in [0.1, 0.15) is 138 Å². The number of nitro groups is 1. The first-order chi connectivity index (χ1) is 44.7. The van der Waals surface area contributed by atoms with Gasteiger partial charge in [0.2, 0.25) is 5.88 Å². The number of hydrogen-bond acceptors (Lipinski definition) is 20. The van der Waals surface area contributed by atoms with E-state index in [4.69, 9.17) is 43.1 Å². The van der Waals surface area contributed by atoms with Gasteiger partial charge in [0.05, 0.1) is 76.9 Å². The maximum absolute atomic E-state index is 15.1. The number of benzene rings is 3. The fraction of sp³-hybridized carbons (Fsp3) is 0.551. The van der Waals surface area contributed by atoms with E-state index in [-0.39, 0.29) is 77.2 Å². The molecule has 4 saturated heterocycles. The first kappa shape index (κ1) is 61.7. The molecule has 24 heteroatoms. The highest BCUT2D eigenvalue weighted by atomic mass is 32.2. The van der Waals surface area contributed by atoms with Crippen molar-refractivity contribution in [1.82, 2.24) is 29.5 Å². The van der Waals surface area contributed by atoms with E-state index in [1.54, 1.807) is 6.07 Å². The molecule has 5 atom stereocenters. The van der Waals surface area contributed by atoms with E-state index in [1.165, 1.54) is 22.8 Å². The molecule has 6 aromatic rings. The highest BCUT2D eigenvalue weighted by molar-refractivity contribution is 7.90. The Morgan fingerprint density at radius 3 is 2.44 bits per heavy atom. The van der Waals surface area contributed by atoms with E-state index in [2.05, 4.69) is 106 Å². The number of para-hydroxylation sites is 1. The van der Waals surface area contributed by atoms with Crippen LogP contribution in [0.15, 0.2) is 77.8 Å². The van der Waals surface area contributed by atoms with Gasteiger partial charge in [-0.1, -0.05) is 32.0 Å². The molecule has 23 nitrogen and oxygen atoms in total. The molecule has 1 saturated carbocycles. The molecule has 3 aromatic heterocycles. The number of piperidine rings is 1. The van der Waals surface area contributed by atoms with Crippen LogP contribution >= 0.6 is 0 Å². The zero-order chi connectivity index (χ0) is 64.3. The molecule has 3 aromatic carbocycles. The first-order valence-corrected chi connectivity index (χ1v) is 34.8. The Balaban J connectivity index is 0.711. The molecule has 5 fully saturated rings. The van der Waals surface area contributed by atoms with Crippen LogP contribution in [0.25, 0.3) is 11.0 Å². The fourth-order valence-corrected chi connectivity index (χ4v) is 17.6. The maximum Gasteiger partial charge on any atom is 0.297 e. The molecule has 8 aliphatic heterocycles. The van der Waals surface area contributed by atoms with Crippen molar-refractivity contribution in [3.8, 4) is 23.1 Å². The van der Waals surface area contributed by atoms with Crippen LogP contribution in [0.2, 0.25) is 0 Å². The summed E-state index contributed by atoms with van der Waals surface area (Å²) in [6, 6.07) is 20.2. The van der Waals surface area contributed by atoms with Crippen molar-refractivity contribution in [2.45, 2.75) is 151 Å². The number of rotatable bonds is 13. The fourth-order valence-electron chi connectivity index (χ4n) is 16.6. The van der Waals surface area contributed by atoms with Crippen LogP contribution in [0.4, 0.5) is 34.3 Å². The largest absolute Gasteiger partial charge is 0.491 e. The number of piperazine rings is 1. The number of pyridine rings is 2. The summed E-state index contributed by atoms with van der Waals surface area (Å²) in [5.41, 5.74) is 6.40. The van der Waals surface area contributed by atoms with Gasteiger partial charge in [-0.25, -0.2) is 18.1 Å². The summed E-state index contributed by atoms with van der Waals surface area (Å²) in [6.07, 6.45) is 8.38. The van der Waals surface area contributed by atoms with Crippen LogP contribution in [0, 0.1) is 21.4 Å². The SMILES string of the molecule is CNc1nc2c(c3c1OCCC3(C)C)[C@H](N1CCN(C3CC4(CCN(c5ccc(C(=O)NS(=O)(=O)c6cc7c(c([N+](=O)[O-])c6)N[C@H](C6CCOCC6)CO7)c(N6c7cc8cc[nH]c8nc7O[C@H]7COCC[C@@H]76)c5)CC4)C3)[C@H](c3ccccc3OC(C)C)C1)COC2(C)C. The Morgan fingerprint density at radius 2 is 1.66 bits per heavy atom. The molecule has 1 spiro atoms. The number of aromatic amines is 1. The second-order valence-electron chi connectivity index (χ2n) is 28.4. The summed E-state index contributed by atoms with van der Waals surface area (Å²) in [5.74, 6) is 2.16. The smallest absolute Gasteiger partial charge is 0.297 e. The number of nitrogens with zero attached hydrogens (tertiary/aromatic N) is 7. The van der Waals surface area contributed by atoms with E-state index in [1.807, 2.05) is 37.5 Å². The summed E-state index contributed by atoms with van der Waals surface area (Å²) < 4.78 is 75.7. The Morgan fingerprint density at radius 1 is 0.860 bits per heavy atom. The van der Waals surface area contributed by atoms with E-state index in [0.717, 1.165) is 118 Å². The van der Waals surface area contributed by atoms with E-state index < -0.39 is 43.1 Å². The van der Waals surface area contributed by atoms with Gasteiger partial charge < -0.3 is 58.6 Å². The second kappa shape index (κ2) is 23.8. The number of H-pyrrole nitrogens is 1. The molecule has 4 N–H and O–H groups in total. The Labute approximate surface area is 542 Å². The number of nitro benzene ring substituents is 1. The lowest BCUT2D eigenvalue weighted by atomic mass is 9.59. The quantitative estimate of drug-likeness (QED) is 0.0620. The van der Waals surface area contributed by atoms with Crippen molar-refractivity contribution >= 4 is 61.2 Å². The third kappa shape index (κ3) is 11.1. The van der Waals surface area contributed by atoms with Gasteiger partial charge in [-0.2, -0.15) is 4.98 Å². The summed E-state index contributed by atoms with van der Waals surface area (Å²) in [7, 11) is -2.82. The van der Waals surface area contributed by atoms with Crippen molar-refractivity contribution in [1.29, 1.82) is 0 Å². The van der Waals surface area contributed by atoms with Gasteiger partial charge in [0.15, 0.2) is 23.0 Å². The zero-order valence-corrected chi connectivity index (χ0v) is 54.9. The molecule has 1 amide bonds. The van der Waals surface area contributed by atoms with Crippen molar-refractivity contribution in [2.75, 3.05) is 106 Å². The van der Waals surface area contributed by atoms with Gasteiger partial charge >= 0.3 is 0 Å². The number of nitrogens with one attached hydrogen (secondary N) is 4. The maximum atomic E-state index is 15.1. The van der Waals surface area contributed by atoms with Gasteiger partial charge in [-0.3, -0.25) is 24.7 Å². The van der Waals surface area contributed by atoms with E-state index in [0.29, 0.717) is 68.4 Å². The van der Waals surface area contributed by atoms with Crippen molar-refractivity contribution in [3.63, 3.8) is 0 Å². The third-order valence-corrected chi connectivity index (χ3v) is 22.9. The minimum Gasteiger partial charge on any atom is -0.491 e. The monoisotopic (exact) mass is 1290 g/mol. The average molecular weight is 1290 g/mol. The molecule has 15 rings (SSSR count). The zero-order valence-electron chi connectivity index (χ0n) is 54.1. The number of hydrogen-bond donors (Lipinski definition) is 4. The molecule has 0 unspecified atom stereocenters. The minimum atomic E-state index is -4.74. The van der Waals surface area contributed by atoms with E-state index >= 15 is 4.79 Å².